The van der Waals surface area contributed by atoms with Crippen LogP contribution in [0, 0.1) is 0 Å². The smallest absolute Gasteiger partial charge is 0.127 e. The number of rotatable bonds is 4. The minimum Gasteiger partial charge on any atom is -0.496 e. The van der Waals surface area contributed by atoms with E-state index in [2.05, 4.69) is 27.4 Å². The highest BCUT2D eigenvalue weighted by Gasteiger charge is 2.20. The zero-order valence-corrected chi connectivity index (χ0v) is 12.0. The molecule has 90 valence electrons. The minimum absolute atomic E-state index is 0.0913. The summed E-state index contributed by atoms with van der Waals surface area (Å²) in [5.41, 5.74) is 1.03. The molecule has 0 radical (unpaired) electrons. The molecule has 1 atom stereocenters. The fourth-order valence-corrected chi connectivity index (χ4v) is 3.34. The zero-order valence-electron chi connectivity index (χ0n) is 9.64. The van der Waals surface area contributed by atoms with Crippen LogP contribution >= 0.6 is 27.3 Å². The molecule has 2 nitrogen and oxygen atoms in total. The Labute approximate surface area is 113 Å². The van der Waals surface area contributed by atoms with Gasteiger partial charge in [0, 0.05) is 4.88 Å². The third-order valence-corrected chi connectivity index (χ3v) is 4.70. The third kappa shape index (κ3) is 2.48. The summed E-state index contributed by atoms with van der Waals surface area (Å²) in [6.45, 7) is 0. The number of alkyl halides is 1. The summed E-state index contributed by atoms with van der Waals surface area (Å²) >= 11 is 5.41. The van der Waals surface area contributed by atoms with Crippen molar-refractivity contribution in [3.05, 3.63) is 46.2 Å². The van der Waals surface area contributed by atoms with Crippen molar-refractivity contribution >= 4 is 27.3 Å². The lowest BCUT2D eigenvalue weighted by Gasteiger charge is -2.16. The van der Waals surface area contributed by atoms with Gasteiger partial charge in [0.15, 0.2) is 0 Å². The van der Waals surface area contributed by atoms with Gasteiger partial charge in [-0.25, -0.2) is 0 Å². The quantitative estimate of drug-likeness (QED) is 0.786. The summed E-state index contributed by atoms with van der Waals surface area (Å²) in [4.78, 5) is 1.32. The normalized spacial score (nSPS) is 12.2. The summed E-state index contributed by atoms with van der Waals surface area (Å²) in [6, 6.07) is 9.95. The predicted molar refractivity (Wildman–Crippen MR) is 74.6 cm³/mol. The number of benzene rings is 1. The Morgan fingerprint density at radius 1 is 1.06 bits per heavy atom. The molecule has 0 saturated heterocycles. The molecule has 2 rings (SSSR count). The van der Waals surface area contributed by atoms with Crippen LogP contribution in [0.5, 0.6) is 11.5 Å². The number of ether oxygens (including phenoxy) is 2. The molecule has 0 aliphatic rings. The van der Waals surface area contributed by atoms with Crippen molar-refractivity contribution in [1.82, 2.24) is 0 Å². The molecular formula is C13H13BrO2S. The van der Waals surface area contributed by atoms with Gasteiger partial charge in [-0.2, -0.15) is 0 Å². The maximum atomic E-state index is 5.40. The minimum atomic E-state index is 0.0913. The molecule has 4 heteroatoms. The van der Waals surface area contributed by atoms with Crippen molar-refractivity contribution in [1.29, 1.82) is 0 Å². The maximum absolute atomic E-state index is 5.40. The van der Waals surface area contributed by atoms with Gasteiger partial charge in [-0.1, -0.05) is 28.1 Å². The highest BCUT2D eigenvalue weighted by molar-refractivity contribution is 9.09. The van der Waals surface area contributed by atoms with Gasteiger partial charge in [0.05, 0.1) is 24.6 Å². The van der Waals surface area contributed by atoms with E-state index in [9.17, 15) is 0 Å². The van der Waals surface area contributed by atoms with E-state index in [0.717, 1.165) is 17.1 Å². The first-order valence-corrected chi connectivity index (χ1v) is 6.95. The van der Waals surface area contributed by atoms with Crippen molar-refractivity contribution in [3.8, 4) is 11.5 Å². The topological polar surface area (TPSA) is 18.5 Å². The molecule has 0 fully saturated rings. The highest BCUT2D eigenvalue weighted by atomic mass is 79.9. The Morgan fingerprint density at radius 3 is 2.18 bits per heavy atom. The summed E-state index contributed by atoms with van der Waals surface area (Å²) in [5, 5.41) is 2.06. The first-order valence-electron chi connectivity index (χ1n) is 5.16. The SMILES string of the molecule is COc1cccc(OC)c1C(Br)c1cccs1. The number of thiophene rings is 1. The summed E-state index contributed by atoms with van der Waals surface area (Å²) in [6.07, 6.45) is 0. The molecule has 0 N–H and O–H groups in total. The second-order valence-electron chi connectivity index (χ2n) is 3.45. The van der Waals surface area contributed by atoms with Crippen LogP contribution in [0.15, 0.2) is 35.7 Å². The van der Waals surface area contributed by atoms with Crippen LogP contribution in [0.1, 0.15) is 15.3 Å². The molecule has 17 heavy (non-hydrogen) atoms. The lowest BCUT2D eigenvalue weighted by molar-refractivity contribution is 0.387. The van der Waals surface area contributed by atoms with E-state index < -0.39 is 0 Å². The zero-order chi connectivity index (χ0) is 12.3. The van der Waals surface area contributed by atoms with Gasteiger partial charge in [0.2, 0.25) is 0 Å². The van der Waals surface area contributed by atoms with Gasteiger partial charge in [0.25, 0.3) is 0 Å². The standard InChI is InChI=1S/C13H13BrO2S/c1-15-9-5-3-6-10(16-2)12(9)13(14)11-7-4-8-17-11/h3-8,13H,1-2H3. The van der Waals surface area contributed by atoms with Gasteiger partial charge in [-0.05, 0) is 23.6 Å². The average molecular weight is 313 g/mol. The first kappa shape index (κ1) is 12.5. The molecule has 0 bridgehead atoms. The number of halogens is 1. The van der Waals surface area contributed by atoms with Crippen LogP contribution in [0.2, 0.25) is 0 Å². The van der Waals surface area contributed by atoms with Crippen molar-refractivity contribution in [2.75, 3.05) is 14.2 Å². The number of hydrogen-bond acceptors (Lipinski definition) is 3. The van der Waals surface area contributed by atoms with Gasteiger partial charge >= 0.3 is 0 Å². The second kappa shape index (κ2) is 5.56. The molecule has 1 heterocycles. The van der Waals surface area contributed by atoms with E-state index in [-0.39, 0.29) is 4.83 Å². The molecule has 1 aromatic carbocycles. The predicted octanol–water partition coefficient (Wildman–Crippen LogP) is 4.25. The number of hydrogen-bond donors (Lipinski definition) is 0. The van der Waals surface area contributed by atoms with Crippen LogP contribution in [-0.2, 0) is 0 Å². The van der Waals surface area contributed by atoms with Gasteiger partial charge in [-0.3, -0.25) is 0 Å². The summed E-state index contributed by atoms with van der Waals surface area (Å²) in [5.74, 6) is 1.67. The molecule has 0 saturated carbocycles. The van der Waals surface area contributed by atoms with Gasteiger partial charge in [0.1, 0.15) is 11.5 Å². The largest absolute Gasteiger partial charge is 0.496 e. The van der Waals surface area contributed by atoms with E-state index in [4.69, 9.17) is 9.47 Å². The van der Waals surface area contributed by atoms with Crippen LogP contribution in [0.3, 0.4) is 0 Å². The highest BCUT2D eigenvalue weighted by Crippen LogP contribution is 2.43. The average Bonchev–Trinajstić information content (AvgIpc) is 2.90. The maximum Gasteiger partial charge on any atom is 0.127 e. The van der Waals surface area contributed by atoms with E-state index in [0.29, 0.717) is 0 Å². The number of methoxy groups -OCH3 is 2. The molecule has 0 aliphatic carbocycles. The molecular weight excluding hydrogens is 300 g/mol. The molecule has 1 unspecified atom stereocenters. The van der Waals surface area contributed by atoms with Gasteiger partial charge < -0.3 is 9.47 Å². The lowest BCUT2D eigenvalue weighted by atomic mass is 10.1. The van der Waals surface area contributed by atoms with Gasteiger partial charge in [-0.15, -0.1) is 11.3 Å². The first-order chi connectivity index (χ1) is 8.27. The van der Waals surface area contributed by atoms with Crippen molar-refractivity contribution < 1.29 is 9.47 Å². The summed E-state index contributed by atoms with van der Waals surface area (Å²) in [7, 11) is 3.35. The lowest BCUT2D eigenvalue weighted by Crippen LogP contribution is -1.99. The fraction of sp³-hybridized carbons (Fsp3) is 0.231. The fourth-order valence-electron chi connectivity index (χ4n) is 1.71. The molecule has 0 amide bonds. The third-order valence-electron chi connectivity index (χ3n) is 2.51. The molecule has 0 spiro atoms. The second-order valence-corrected chi connectivity index (χ2v) is 5.35. The van der Waals surface area contributed by atoms with Crippen LogP contribution in [0.4, 0.5) is 0 Å². The Morgan fingerprint density at radius 2 is 1.71 bits per heavy atom. The van der Waals surface area contributed by atoms with E-state index in [1.54, 1.807) is 25.6 Å². The van der Waals surface area contributed by atoms with Crippen molar-refractivity contribution in [3.63, 3.8) is 0 Å². The van der Waals surface area contributed by atoms with Crippen molar-refractivity contribution in [2.45, 2.75) is 4.83 Å². The Kier molecular flexibility index (Phi) is 4.07. The summed E-state index contributed by atoms with van der Waals surface area (Å²) < 4.78 is 10.8. The molecule has 1 aromatic heterocycles. The van der Waals surface area contributed by atoms with Crippen molar-refractivity contribution in [2.24, 2.45) is 0 Å². The molecule has 2 aromatic rings. The Hall–Kier alpha value is -1.00. The van der Waals surface area contributed by atoms with E-state index in [1.165, 1.54) is 4.88 Å². The van der Waals surface area contributed by atoms with Crippen LogP contribution in [0.25, 0.3) is 0 Å². The molecule has 0 aliphatic heterocycles. The Bertz CT molecular complexity index is 460. The van der Waals surface area contributed by atoms with E-state index in [1.807, 2.05) is 24.3 Å². The van der Waals surface area contributed by atoms with E-state index >= 15 is 0 Å². The monoisotopic (exact) mass is 312 g/mol. The van der Waals surface area contributed by atoms with Crippen LogP contribution < -0.4 is 9.47 Å². The van der Waals surface area contributed by atoms with Crippen LogP contribution in [-0.4, -0.2) is 14.2 Å². The Balaban J connectivity index is 2.49.